The van der Waals surface area contributed by atoms with Crippen LogP contribution in [0.4, 0.5) is 5.69 Å². The minimum atomic E-state index is -0.0971. The maximum Gasteiger partial charge on any atom is 0.234 e. The Morgan fingerprint density at radius 2 is 1.97 bits per heavy atom. The smallest absolute Gasteiger partial charge is 0.234 e. The fourth-order valence-electron chi connectivity index (χ4n) is 2.55. The minimum absolute atomic E-state index is 0.0971. The quantitative estimate of drug-likeness (QED) is 0.287. The van der Waals surface area contributed by atoms with Crippen molar-refractivity contribution in [2.75, 3.05) is 17.7 Å². The van der Waals surface area contributed by atoms with Crippen molar-refractivity contribution in [1.82, 2.24) is 14.8 Å². The second-order valence-electron chi connectivity index (χ2n) is 6.33. The number of rotatable bonds is 9. The standard InChI is InChI=1S/C20H19BrCl2N4O2S/c1-27-18(3-2-10-29-17-9-6-14(22)11-16(17)23)25-26-20(27)30-12-19(28)24-15-7-4-13(21)5-8-15/h4-9,11H,2-3,10,12H2,1H3,(H,24,28). The Labute approximate surface area is 197 Å². The van der Waals surface area contributed by atoms with E-state index < -0.39 is 0 Å². The molecule has 0 radical (unpaired) electrons. The van der Waals surface area contributed by atoms with Gasteiger partial charge in [-0.1, -0.05) is 50.9 Å². The third kappa shape index (κ3) is 6.63. The first-order valence-electron chi connectivity index (χ1n) is 9.06. The molecule has 10 heteroatoms. The van der Waals surface area contributed by atoms with Crippen molar-refractivity contribution >= 4 is 62.5 Å². The summed E-state index contributed by atoms with van der Waals surface area (Å²) in [5, 5.41) is 13.0. The molecule has 0 fully saturated rings. The first-order chi connectivity index (χ1) is 14.4. The highest BCUT2D eigenvalue weighted by Gasteiger charge is 2.12. The number of amides is 1. The lowest BCUT2D eigenvalue weighted by Crippen LogP contribution is -2.14. The van der Waals surface area contributed by atoms with Gasteiger partial charge in [0.2, 0.25) is 5.91 Å². The number of anilines is 1. The average Bonchev–Trinajstić information content (AvgIpc) is 3.06. The number of hydrogen-bond acceptors (Lipinski definition) is 5. The molecule has 3 rings (SSSR count). The molecular weight excluding hydrogens is 511 g/mol. The Balaban J connectivity index is 1.43. The topological polar surface area (TPSA) is 69.0 Å². The number of thioether (sulfide) groups is 1. The van der Waals surface area contributed by atoms with Crippen molar-refractivity contribution in [3.8, 4) is 5.75 Å². The zero-order valence-electron chi connectivity index (χ0n) is 16.1. The van der Waals surface area contributed by atoms with Crippen LogP contribution in [0.5, 0.6) is 5.75 Å². The normalized spacial score (nSPS) is 10.8. The van der Waals surface area contributed by atoms with Gasteiger partial charge in [-0.2, -0.15) is 0 Å². The lowest BCUT2D eigenvalue weighted by Gasteiger charge is -2.08. The van der Waals surface area contributed by atoms with Crippen LogP contribution in [0.2, 0.25) is 10.0 Å². The number of nitrogens with zero attached hydrogens (tertiary/aromatic N) is 3. The third-order valence-electron chi connectivity index (χ3n) is 4.08. The average molecular weight is 530 g/mol. The molecule has 1 heterocycles. The molecule has 3 aromatic rings. The molecule has 2 aromatic carbocycles. The van der Waals surface area contributed by atoms with E-state index in [2.05, 4.69) is 31.4 Å². The summed E-state index contributed by atoms with van der Waals surface area (Å²) in [6.45, 7) is 0.492. The second kappa shape index (κ2) is 11.0. The number of aromatic nitrogens is 3. The summed E-state index contributed by atoms with van der Waals surface area (Å²) >= 11 is 16.7. The molecule has 0 spiro atoms. The number of hydrogen-bond donors (Lipinski definition) is 1. The van der Waals surface area contributed by atoms with Gasteiger partial charge in [0.25, 0.3) is 0 Å². The third-order valence-corrected chi connectivity index (χ3v) is 6.16. The minimum Gasteiger partial charge on any atom is -0.492 e. The highest BCUT2D eigenvalue weighted by atomic mass is 79.9. The van der Waals surface area contributed by atoms with Crippen molar-refractivity contribution in [1.29, 1.82) is 0 Å². The van der Waals surface area contributed by atoms with Crippen molar-refractivity contribution in [2.45, 2.75) is 18.0 Å². The monoisotopic (exact) mass is 528 g/mol. The zero-order valence-corrected chi connectivity index (χ0v) is 20.0. The van der Waals surface area contributed by atoms with E-state index in [0.29, 0.717) is 34.0 Å². The molecule has 0 bridgehead atoms. The zero-order chi connectivity index (χ0) is 21.5. The van der Waals surface area contributed by atoms with Crippen LogP contribution in [0, 0.1) is 0 Å². The summed E-state index contributed by atoms with van der Waals surface area (Å²) in [4.78, 5) is 12.1. The highest BCUT2D eigenvalue weighted by molar-refractivity contribution is 9.10. The summed E-state index contributed by atoms with van der Waals surface area (Å²) in [6, 6.07) is 12.6. The van der Waals surface area contributed by atoms with Crippen molar-refractivity contribution < 1.29 is 9.53 Å². The predicted molar refractivity (Wildman–Crippen MR) is 125 cm³/mol. The van der Waals surface area contributed by atoms with E-state index in [1.165, 1.54) is 11.8 Å². The first kappa shape index (κ1) is 22.9. The van der Waals surface area contributed by atoms with E-state index in [1.54, 1.807) is 18.2 Å². The first-order valence-corrected chi connectivity index (χ1v) is 11.6. The molecule has 0 saturated heterocycles. The lowest BCUT2D eigenvalue weighted by atomic mass is 10.3. The number of nitrogens with one attached hydrogen (secondary N) is 1. The van der Waals surface area contributed by atoms with Crippen LogP contribution >= 0.6 is 50.9 Å². The Bertz CT molecular complexity index is 1010. The van der Waals surface area contributed by atoms with Gasteiger partial charge >= 0.3 is 0 Å². The largest absolute Gasteiger partial charge is 0.492 e. The fourth-order valence-corrected chi connectivity index (χ4v) is 4.01. The molecule has 0 saturated carbocycles. The highest BCUT2D eigenvalue weighted by Crippen LogP contribution is 2.27. The molecule has 1 amide bonds. The summed E-state index contributed by atoms with van der Waals surface area (Å²) in [7, 11) is 1.89. The number of aryl methyl sites for hydroxylation is 1. The van der Waals surface area contributed by atoms with E-state index in [-0.39, 0.29) is 11.7 Å². The summed E-state index contributed by atoms with van der Waals surface area (Å²) in [5.41, 5.74) is 0.753. The number of ether oxygens (including phenoxy) is 1. The number of carbonyl (C=O) groups excluding carboxylic acids is 1. The predicted octanol–water partition coefficient (Wildman–Crippen LogP) is 5.63. The van der Waals surface area contributed by atoms with E-state index in [0.717, 1.165) is 22.4 Å². The van der Waals surface area contributed by atoms with Gasteiger partial charge in [-0.3, -0.25) is 4.79 Å². The van der Waals surface area contributed by atoms with Crippen LogP contribution in [0.15, 0.2) is 52.1 Å². The maximum absolute atomic E-state index is 12.1. The lowest BCUT2D eigenvalue weighted by molar-refractivity contribution is -0.113. The summed E-state index contributed by atoms with van der Waals surface area (Å²) in [5.74, 6) is 1.59. The fraction of sp³-hybridized carbons (Fsp3) is 0.250. The van der Waals surface area contributed by atoms with Crippen molar-refractivity contribution in [3.63, 3.8) is 0 Å². The molecular formula is C20H19BrCl2N4O2S. The van der Waals surface area contributed by atoms with Gasteiger partial charge in [0.1, 0.15) is 11.6 Å². The van der Waals surface area contributed by atoms with Crippen molar-refractivity contribution in [2.24, 2.45) is 7.05 Å². The summed E-state index contributed by atoms with van der Waals surface area (Å²) < 4.78 is 8.55. The van der Waals surface area contributed by atoms with Gasteiger partial charge in [-0.05, 0) is 48.9 Å². The van der Waals surface area contributed by atoms with Crippen molar-refractivity contribution in [3.05, 3.63) is 62.8 Å². The number of halogens is 3. The molecule has 0 aliphatic rings. The molecule has 158 valence electrons. The van der Waals surface area contributed by atoms with E-state index in [9.17, 15) is 4.79 Å². The molecule has 0 unspecified atom stereocenters. The Morgan fingerprint density at radius 3 is 2.70 bits per heavy atom. The van der Waals surface area contributed by atoms with Gasteiger partial charge in [-0.15, -0.1) is 10.2 Å². The van der Waals surface area contributed by atoms with Crippen LogP contribution in [0.3, 0.4) is 0 Å². The van der Waals surface area contributed by atoms with E-state index in [1.807, 2.05) is 35.9 Å². The van der Waals surface area contributed by atoms with Crippen LogP contribution < -0.4 is 10.1 Å². The van der Waals surface area contributed by atoms with Gasteiger partial charge in [0.05, 0.1) is 17.4 Å². The van der Waals surface area contributed by atoms with Crippen LogP contribution in [0.25, 0.3) is 0 Å². The molecule has 0 aliphatic carbocycles. The van der Waals surface area contributed by atoms with Crippen LogP contribution in [-0.2, 0) is 18.3 Å². The molecule has 0 aliphatic heterocycles. The number of carbonyl (C=O) groups is 1. The van der Waals surface area contributed by atoms with Crippen LogP contribution in [-0.4, -0.2) is 33.0 Å². The molecule has 1 N–H and O–H groups in total. The second-order valence-corrected chi connectivity index (χ2v) is 9.03. The van der Waals surface area contributed by atoms with E-state index in [4.69, 9.17) is 27.9 Å². The molecule has 30 heavy (non-hydrogen) atoms. The van der Waals surface area contributed by atoms with Gasteiger partial charge in [0, 0.05) is 28.7 Å². The Kier molecular flexibility index (Phi) is 8.44. The van der Waals surface area contributed by atoms with Gasteiger partial charge in [0.15, 0.2) is 5.16 Å². The Hall–Kier alpha value is -1.74. The van der Waals surface area contributed by atoms with Gasteiger partial charge in [-0.25, -0.2) is 0 Å². The van der Waals surface area contributed by atoms with Gasteiger partial charge < -0.3 is 14.6 Å². The van der Waals surface area contributed by atoms with Crippen LogP contribution in [0.1, 0.15) is 12.2 Å². The number of benzene rings is 2. The maximum atomic E-state index is 12.1. The molecule has 6 nitrogen and oxygen atoms in total. The Morgan fingerprint density at radius 1 is 1.20 bits per heavy atom. The van der Waals surface area contributed by atoms with E-state index >= 15 is 0 Å². The molecule has 0 atom stereocenters. The SMILES string of the molecule is Cn1c(CCCOc2ccc(Cl)cc2Cl)nnc1SCC(=O)Nc1ccc(Br)cc1. The summed E-state index contributed by atoms with van der Waals surface area (Å²) in [6.07, 6.45) is 1.44. The molecule has 1 aromatic heterocycles.